The number of hydrogen-bond acceptors (Lipinski definition) is 2. The number of halogens is 4. The van der Waals surface area contributed by atoms with Crippen molar-refractivity contribution >= 4 is 17.3 Å². The van der Waals surface area contributed by atoms with Crippen LogP contribution in [0.5, 0.6) is 0 Å². The first-order valence-corrected chi connectivity index (χ1v) is 6.26. The summed E-state index contributed by atoms with van der Waals surface area (Å²) < 4.78 is 37.1. The Morgan fingerprint density at radius 3 is 2.50 bits per heavy atom. The van der Waals surface area contributed by atoms with E-state index < -0.39 is 11.9 Å². The van der Waals surface area contributed by atoms with E-state index in [0.29, 0.717) is 17.3 Å². The molecule has 0 amide bonds. The van der Waals surface area contributed by atoms with Crippen LogP contribution in [0.15, 0.2) is 36.5 Å². The number of nitrogens with one attached hydrogen (secondary N) is 1. The first kappa shape index (κ1) is 14.7. The van der Waals surface area contributed by atoms with Gasteiger partial charge in [0.15, 0.2) is 0 Å². The van der Waals surface area contributed by atoms with Gasteiger partial charge in [0, 0.05) is 11.6 Å². The van der Waals surface area contributed by atoms with Crippen molar-refractivity contribution in [3.8, 4) is 0 Å². The average molecular weight is 301 g/mol. The highest BCUT2D eigenvalue weighted by Gasteiger charge is 2.31. The number of anilines is 1. The van der Waals surface area contributed by atoms with Crippen LogP contribution in [0, 0.1) is 6.92 Å². The lowest BCUT2D eigenvalue weighted by Gasteiger charge is -2.10. The maximum atomic E-state index is 12.4. The molecule has 1 heterocycles. The number of nitrogens with zero attached hydrogens (tertiary/aromatic N) is 1. The summed E-state index contributed by atoms with van der Waals surface area (Å²) in [4.78, 5) is 3.39. The SMILES string of the molecule is Cc1cc(Cl)ccc1CNc1ccc(C(F)(F)F)nc1. The van der Waals surface area contributed by atoms with Crippen LogP contribution in [0.4, 0.5) is 18.9 Å². The number of pyridine rings is 1. The molecule has 0 aliphatic rings. The fourth-order valence-corrected chi connectivity index (χ4v) is 1.95. The van der Waals surface area contributed by atoms with Crippen LogP contribution < -0.4 is 5.32 Å². The molecule has 0 fully saturated rings. The largest absolute Gasteiger partial charge is 0.433 e. The van der Waals surface area contributed by atoms with E-state index in [1.54, 1.807) is 6.07 Å². The molecule has 0 aliphatic carbocycles. The lowest BCUT2D eigenvalue weighted by molar-refractivity contribution is -0.141. The fraction of sp³-hybridized carbons (Fsp3) is 0.214. The van der Waals surface area contributed by atoms with Crippen molar-refractivity contribution < 1.29 is 13.2 Å². The van der Waals surface area contributed by atoms with Gasteiger partial charge in [0.25, 0.3) is 0 Å². The van der Waals surface area contributed by atoms with Gasteiger partial charge in [-0.2, -0.15) is 13.2 Å². The molecule has 1 N–H and O–H groups in total. The second-order valence-corrected chi connectivity index (χ2v) is 4.79. The van der Waals surface area contributed by atoms with Gasteiger partial charge in [0.1, 0.15) is 5.69 Å². The summed E-state index contributed by atoms with van der Waals surface area (Å²) in [6.07, 6.45) is -3.24. The van der Waals surface area contributed by atoms with Crippen molar-refractivity contribution in [2.45, 2.75) is 19.6 Å². The maximum absolute atomic E-state index is 12.4. The molecule has 0 aliphatic heterocycles. The Bertz CT molecular complexity index is 594. The van der Waals surface area contributed by atoms with Gasteiger partial charge in [-0.15, -0.1) is 0 Å². The molecule has 2 aromatic rings. The molecule has 0 atom stereocenters. The van der Waals surface area contributed by atoms with Gasteiger partial charge in [0.05, 0.1) is 11.9 Å². The third-order valence-corrected chi connectivity index (χ3v) is 3.08. The summed E-state index contributed by atoms with van der Waals surface area (Å²) in [5, 5.41) is 3.68. The van der Waals surface area contributed by atoms with Crippen LogP contribution >= 0.6 is 11.6 Å². The molecule has 0 unspecified atom stereocenters. The zero-order valence-electron chi connectivity index (χ0n) is 10.6. The Kier molecular flexibility index (Phi) is 4.18. The van der Waals surface area contributed by atoms with Crippen LogP contribution in [-0.2, 0) is 12.7 Å². The highest BCUT2D eigenvalue weighted by molar-refractivity contribution is 6.30. The monoisotopic (exact) mass is 300 g/mol. The third kappa shape index (κ3) is 3.63. The Morgan fingerprint density at radius 1 is 1.20 bits per heavy atom. The van der Waals surface area contributed by atoms with E-state index in [1.165, 1.54) is 12.3 Å². The van der Waals surface area contributed by atoms with Crippen LogP contribution in [-0.4, -0.2) is 4.98 Å². The quantitative estimate of drug-likeness (QED) is 0.890. The second kappa shape index (κ2) is 5.71. The lowest BCUT2D eigenvalue weighted by atomic mass is 10.1. The smallest absolute Gasteiger partial charge is 0.380 e. The summed E-state index contributed by atoms with van der Waals surface area (Å²) in [6.45, 7) is 2.42. The van der Waals surface area contributed by atoms with Crippen LogP contribution in [0.25, 0.3) is 0 Å². The van der Waals surface area contributed by atoms with E-state index >= 15 is 0 Å². The van der Waals surface area contributed by atoms with E-state index in [0.717, 1.165) is 17.2 Å². The van der Waals surface area contributed by atoms with Gasteiger partial charge in [-0.25, -0.2) is 4.98 Å². The fourth-order valence-electron chi connectivity index (χ4n) is 1.72. The van der Waals surface area contributed by atoms with Crippen molar-refractivity contribution in [1.82, 2.24) is 4.98 Å². The Labute approximate surface area is 119 Å². The second-order valence-electron chi connectivity index (χ2n) is 4.35. The predicted octanol–water partition coefficient (Wildman–Crippen LogP) is 4.67. The van der Waals surface area contributed by atoms with E-state index in [4.69, 9.17) is 11.6 Å². The minimum absolute atomic E-state index is 0.496. The Balaban J connectivity index is 2.04. The molecule has 0 saturated heterocycles. The normalized spacial score (nSPS) is 11.4. The number of rotatable bonds is 3. The van der Waals surface area contributed by atoms with Crippen molar-refractivity contribution in [1.29, 1.82) is 0 Å². The zero-order chi connectivity index (χ0) is 14.8. The molecule has 2 nitrogen and oxygen atoms in total. The van der Waals surface area contributed by atoms with Crippen molar-refractivity contribution in [3.63, 3.8) is 0 Å². The highest BCUT2D eigenvalue weighted by atomic mass is 35.5. The van der Waals surface area contributed by atoms with Gasteiger partial charge < -0.3 is 5.32 Å². The molecule has 2 rings (SSSR count). The van der Waals surface area contributed by atoms with Gasteiger partial charge in [-0.3, -0.25) is 0 Å². The predicted molar refractivity (Wildman–Crippen MR) is 72.8 cm³/mol. The minimum atomic E-state index is -4.41. The lowest BCUT2D eigenvalue weighted by Crippen LogP contribution is -2.08. The van der Waals surface area contributed by atoms with Gasteiger partial charge in [0.2, 0.25) is 0 Å². The average Bonchev–Trinajstić information content (AvgIpc) is 2.37. The molecule has 106 valence electrons. The summed E-state index contributed by atoms with van der Waals surface area (Å²) in [5.74, 6) is 0. The molecule has 0 spiro atoms. The topological polar surface area (TPSA) is 24.9 Å². The van der Waals surface area contributed by atoms with Crippen molar-refractivity contribution in [2.75, 3.05) is 5.32 Å². The van der Waals surface area contributed by atoms with Crippen molar-refractivity contribution in [3.05, 3.63) is 58.4 Å². The third-order valence-electron chi connectivity index (χ3n) is 2.84. The van der Waals surface area contributed by atoms with E-state index in [9.17, 15) is 13.2 Å². The standard InChI is InChI=1S/C14H12ClF3N2/c1-9-6-11(15)3-2-10(9)7-19-12-4-5-13(20-8-12)14(16,17)18/h2-6,8,19H,7H2,1H3. The first-order chi connectivity index (χ1) is 9.36. The molecule has 0 saturated carbocycles. The van der Waals surface area contributed by atoms with Crippen LogP contribution in [0.1, 0.15) is 16.8 Å². The summed E-state index contributed by atoms with van der Waals surface area (Å²) >= 11 is 5.86. The van der Waals surface area contributed by atoms with Gasteiger partial charge >= 0.3 is 6.18 Å². The molecule has 1 aromatic heterocycles. The van der Waals surface area contributed by atoms with E-state index in [2.05, 4.69) is 10.3 Å². The molecule has 1 aromatic carbocycles. The first-order valence-electron chi connectivity index (χ1n) is 5.88. The Hall–Kier alpha value is -1.75. The number of benzene rings is 1. The number of hydrogen-bond donors (Lipinski definition) is 1. The molecule has 0 bridgehead atoms. The summed E-state index contributed by atoms with van der Waals surface area (Å²) in [7, 11) is 0. The zero-order valence-corrected chi connectivity index (χ0v) is 11.4. The van der Waals surface area contributed by atoms with Crippen molar-refractivity contribution in [2.24, 2.45) is 0 Å². The summed E-state index contributed by atoms with van der Waals surface area (Å²) in [5.41, 5.74) is 1.68. The maximum Gasteiger partial charge on any atom is 0.433 e. The molecular formula is C14H12ClF3N2. The highest BCUT2D eigenvalue weighted by Crippen LogP contribution is 2.27. The molecular weight excluding hydrogens is 289 g/mol. The van der Waals surface area contributed by atoms with E-state index in [1.807, 2.05) is 19.1 Å². The van der Waals surface area contributed by atoms with E-state index in [-0.39, 0.29) is 0 Å². The van der Waals surface area contributed by atoms with Crippen LogP contribution in [0.3, 0.4) is 0 Å². The summed E-state index contributed by atoms with van der Waals surface area (Å²) in [6, 6.07) is 7.81. The van der Waals surface area contributed by atoms with Gasteiger partial charge in [-0.1, -0.05) is 17.7 Å². The Morgan fingerprint density at radius 2 is 1.95 bits per heavy atom. The van der Waals surface area contributed by atoms with Gasteiger partial charge in [-0.05, 0) is 42.3 Å². The molecule has 0 radical (unpaired) electrons. The number of aromatic nitrogens is 1. The number of alkyl halides is 3. The minimum Gasteiger partial charge on any atom is -0.380 e. The number of aryl methyl sites for hydroxylation is 1. The van der Waals surface area contributed by atoms with Crippen LogP contribution in [0.2, 0.25) is 5.02 Å². The molecule has 20 heavy (non-hydrogen) atoms. The molecule has 6 heteroatoms.